The summed E-state index contributed by atoms with van der Waals surface area (Å²) in [5, 5.41) is 0. The molecular weight excluding hydrogens is 212 g/mol. The molecule has 1 rings (SSSR count). The Morgan fingerprint density at radius 1 is 1.50 bits per heavy atom. The van der Waals surface area contributed by atoms with Gasteiger partial charge in [0, 0.05) is 19.3 Å². The number of hydrogen-bond acceptors (Lipinski definition) is 5. The van der Waals surface area contributed by atoms with Crippen molar-refractivity contribution in [2.75, 3.05) is 13.2 Å². The molecule has 2 atom stereocenters. The first-order chi connectivity index (χ1) is 7.56. The number of rotatable bonds is 5. The molecule has 1 saturated heterocycles. The molecule has 0 aliphatic carbocycles. The van der Waals surface area contributed by atoms with Crippen LogP contribution in [0.5, 0.6) is 0 Å². The average Bonchev–Trinajstić information content (AvgIpc) is 2.57. The molecule has 16 heavy (non-hydrogen) atoms. The van der Waals surface area contributed by atoms with E-state index in [1.165, 1.54) is 6.92 Å². The van der Waals surface area contributed by atoms with Crippen LogP contribution in [-0.2, 0) is 23.9 Å². The summed E-state index contributed by atoms with van der Waals surface area (Å²) < 4.78 is 9.64. The molecule has 0 amide bonds. The maximum Gasteiger partial charge on any atom is 0.317 e. The normalized spacial score (nSPS) is 24.0. The molecule has 0 bridgehead atoms. The van der Waals surface area contributed by atoms with Crippen molar-refractivity contribution in [2.45, 2.75) is 26.7 Å². The summed E-state index contributed by atoms with van der Waals surface area (Å²) in [5.41, 5.74) is 0. The van der Waals surface area contributed by atoms with Crippen molar-refractivity contribution in [1.82, 2.24) is 0 Å². The van der Waals surface area contributed by atoms with Crippen molar-refractivity contribution in [1.29, 1.82) is 0 Å². The van der Waals surface area contributed by atoms with Gasteiger partial charge >= 0.3 is 11.9 Å². The molecular formula is C11H16O5. The van der Waals surface area contributed by atoms with Crippen LogP contribution < -0.4 is 0 Å². The predicted octanol–water partition coefficient (Wildman–Crippen LogP) is 0.708. The van der Waals surface area contributed by atoms with Gasteiger partial charge in [0.25, 0.3) is 0 Å². The van der Waals surface area contributed by atoms with E-state index in [1.54, 1.807) is 0 Å². The summed E-state index contributed by atoms with van der Waals surface area (Å²) in [6.45, 7) is 3.40. The van der Waals surface area contributed by atoms with E-state index in [4.69, 9.17) is 9.47 Å². The Bertz CT molecular complexity index is 297. The first kappa shape index (κ1) is 12.7. The van der Waals surface area contributed by atoms with Crippen molar-refractivity contribution in [3.8, 4) is 0 Å². The third-order valence-corrected chi connectivity index (χ3v) is 2.51. The van der Waals surface area contributed by atoms with Crippen LogP contribution in [0.2, 0.25) is 0 Å². The van der Waals surface area contributed by atoms with Crippen LogP contribution in [0.4, 0.5) is 0 Å². The molecule has 1 aliphatic rings. The molecule has 0 radical (unpaired) electrons. The molecule has 0 aromatic heterocycles. The second-order valence-corrected chi connectivity index (χ2v) is 3.89. The van der Waals surface area contributed by atoms with Crippen LogP contribution in [0, 0.1) is 11.8 Å². The number of ether oxygens (including phenoxy) is 2. The number of hydrogen-bond donors (Lipinski definition) is 0. The lowest BCUT2D eigenvalue weighted by Crippen LogP contribution is -2.29. The number of esters is 2. The lowest BCUT2D eigenvalue weighted by atomic mass is 9.90. The molecule has 90 valence electrons. The number of Topliss-reactive ketones (excluding diaryl/α,β-unsaturated/α-hetero) is 1. The van der Waals surface area contributed by atoms with E-state index in [-0.39, 0.29) is 24.9 Å². The molecule has 5 nitrogen and oxygen atoms in total. The van der Waals surface area contributed by atoms with Gasteiger partial charge in [-0.3, -0.25) is 14.4 Å². The summed E-state index contributed by atoms with van der Waals surface area (Å²) in [5.74, 6) is -2.10. The Morgan fingerprint density at radius 3 is 2.75 bits per heavy atom. The van der Waals surface area contributed by atoms with Crippen molar-refractivity contribution < 1.29 is 23.9 Å². The minimum atomic E-state index is -0.751. The maximum atomic E-state index is 11.7. The standard InChI is InChI=1S/C11H16O5/c1-3-4-9(13)10-8(5-15-7(2)12)6-16-11(10)14/h8,10H,3-6H2,1-2H3/t8-,10-/m0/s1. The van der Waals surface area contributed by atoms with Crippen molar-refractivity contribution in [3.63, 3.8) is 0 Å². The summed E-state index contributed by atoms with van der Waals surface area (Å²) >= 11 is 0. The van der Waals surface area contributed by atoms with Crippen LogP contribution >= 0.6 is 0 Å². The van der Waals surface area contributed by atoms with Gasteiger partial charge in [0.1, 0.15) is 11.7 Å². The van der Waals surface area contributed by atoms with E-state index in [0.717, 1.165) is 0 Å². The van der Waals surface area contributed by atoms with Crippen molar-refractivity contribution in [2.24, 2.45) is 11.8 Å². The molecule has 0 aromatic rings. The second-order valence-electron chi connectivity index (χ2n) is 3.89. The highest BCUT2D eigenvalue weighted by Crippen LogP contribution is 2.25. The Kier molecular flexibility index (Phi) is 4.46. The maximum absolute atomic E-state index is 11.7. The van der Waals surface area contributed by atoms with Crippen LogP contribution in [0.25, 0.3) is 0 Å². The molecule has 0 N–H and O–H groups in total. The fourth-order valence-corrected chi connectivity index (χ4v) is 1.73. The highest BCUT2D eigenvalue weighted by molar-refractivity contribution is 6.00. The second kappa shape index (κ2) is 5.63. The van der Waals surface area contributed by atoms with Crippen molar-refractivity contribution >= 4 is 17.7 Å². The Labute approximate surface area is 94.1 Å². The van der Waals surface area contributed by atoms with E-state index in [1.807, 2.05) is 6.92 Å². The highest BCUT2D eigenvalue weighted by atomic mass is 16.6. The molecule has 0 spiro atoms. The number of cyclic esters (lactones) is 1. The minimum Gasteiger partial charge on any atom is -0.465 e. The van der Waals surface area contributed by atoms with E-state index < -0.39 is 17.9 Å². The Morgan fingerprint density at radius 2 is 2.19 bits per heavy atom. The van der Waals surface area contributed by atoms with Gasteiger partial charge in [-0.15, -0.1) is 0 Å². The Balaban J connectivity index is 2.58. The number of carbonyl (C=O) groups is 3. The lowest BCUT2D eigenvalue weighted by Gasteiger charge is -2.13. The number of ketones is 1. The topological polar surface area (TPSA) is 69.7 Å². The molecule has 5 heteroatoms. The number of carbonyl (C=O) groups excluding carboxylic acids is 3. The third kappa shape index (κ3) is 3.05. The van der Waals surface area contributed by atoms with E-state index in [2.05, 4.69) is 0 Å². The molecule has 0 unspecified atom stereocenters. The smallest absolute Gasteiger partial charge is 0.317 e. The van der Waals surface area contributed by atoms with Gasteiger partial charge < -0.3 is 9.47 Å². The Hall–Kier alpha value is -1.39. The zero-order valence-corrected chi connectivity index (χ0v) is 9.52. The third-order valence-electron chi connectivity index (χ3n) is 2.51. The minimum absolute atomic E-state index is 0.0706. The molecule has 0 saturated carbocycles. The van der Waals surface area contributed by atoms with Crippen LogP contribution in [-0.4, -0.2) is 30.9 Å². The first-order valence-electron chi connectivity index (χ1n) is 5.39. The van der Waals surface area contributed by atoms with E-state index in [9.17, 15) is 14.4 Å². The highest BCUT2D eigenvalue weighted by Gasteiger charge is 2.41. The van der Waals surface area contributed by atoms with Gasteiger partial charge in [-0.2, -0.15) is 0 Å². The summed E-state index contributed by atoms with van der Waals surface area (Å²) in [6, 6.07) is 0. The van der Waals surface area contributed by atoms with Gasteiger partial charge in [-0.25, -0.2) is 0 Å². The van der Waals surface area contributed by atoms with Gasteiger partial charge in [-0.1, -0.05) is 6.92 Å². The van der Waals surface area contributed by atoms with Crippen LogP contribution in [0.1, 0.15) is 26.7 Å². The van der Waals surface area contributed by atoms with E-state index >= 15 is 0 Å². The molecule has 1 aliphatic heterocycles. The zero-order chi connectivity index (χ0) is 12.1. The van der Waals surface area contributed by atoms with Crippen molar-refractivity contribution in [3.05, 3.63) is 0 Å². The van der Waals surface area contributed by atoms with Gasteiger partial charge in [0.2, 0.25) is 0 Å². The summed E-state index contributed by atoms with van der Waals surface area (Å²) in [6.07, 6.45) is 1.05. The molecule has 1 fully saturated rings. The quantitative estimate of drug-likeness (QED) is 0.512. The van der Waals surface area contributed by atoms with Gasteiger partial charge in [-0.05, 0) is 6.42 Å². The monoisotopic (exact) mass is 228 g/mol. The average molecular weight is 228 g/mol. The van der Waals surface area contributed by atoms with Crippen LogP contribution in [0.3, 0.4) is 0 Å². The summed E-state index contributed by atoms with van der Waals surface area (Å²) in [7, 11) is 0. The van der Waals surface area contributed by atoms with Crippen LogP contribution in [0.15, 0.2) is 0 Å². The molecule has 0 aromatic carbocycles. The van der Waals surface area contributed by atoms with E-state index in [0.29, 0.717) is 12.8 Å². The fourth-order valence-electron chi connectivity index (χ4n) is 1.73. The first-order valence-corrected chi connectivity index (χ1v) is 5.39. The van der Waals surface area contributed by atoms with Gasteiger partial charge in [0.05, 0.1) is 13.2 Å². The predicted molar refractivity (Wildman–Crippen MR) is 54.5 cm³/mol. The zero-order valence-electron chi connectivity index (χ0n) is 9.52. The SMILES string of the molecule is CCCC(=O)[C@H]1C(=O)OC[C@@H]1COC(C)=O. The largest absolute Gasteiger partial charge is 0.465 e. The lowest BCUT2D eigenvalue weighted by molar-refractivity contribution is -0.147. The fraction of sp³-hybridized carbons (Fsp3) is 0.727. The van der Waals surface area contributed by atoms with Gasteiger partial charge in [0.15, 0.2) is 0 Å². The summed E-state index contributed by atoms with van der Waals surface area (Å²) in [4.78, 5) is 33.7. The molecule has 1 heterocycles.